The molecule has 1 fully saturated rings. The van der Waals surface area contributed by atoms with Gasteiger partial charge in [0.2, 0.25) is 0 Å². The third kappa shape index (κ3) is 3.17. The highest BCUT2D eigenvalue weighted by atomic mass is 19.1. The van der Waals surface area contributed by atoms with Crippen LogP contribution in [0.15, 0.2) is 36.5 Å². The van der Waals surface area contributed by atoms with Crippen LogP contribution < -0.4 is 5.32 Å². The monoisotopic (exact) mass is 303 g/mol. The lowest BCUT2D eigenvalue weighted by Crippen LogP contribution is -2.32. The molecule has 2 unspecified atom stereocenters. The van der Waals surface area contributed by atoms with E-state index in [0.717, 1.165) is 19.3 Å². The number of carbonyl (C=O) groups excluding carboxylic acids is 1. The number of benzene rings is 1. The van der Waals surface area contributed by atoms with E-state index in [0.29, 0.717) is 12.2 Å². The fourth-order valence-corrected chi connectivity index (χ4v) is 2.78. The van der Waals surface area contributed by atoms with E-state index in [2.05, 4.69) is 10.4 Å². The summed E-state index contributed by atoms with van der Waals surface area (Å²) in [5, 5.41) is 16.7. The average molecular weight is 303 g/mol. The minimum atomic E-state index is -0.353. The molecule has 1 aromatic carbocycles. The molecule has 0 bridgehead atoms. The van der Waals surface area contributed by atoms with Gasteiger partial charge in [0.1, 0.15) is 5.82 Å². The number of aromatic nitrogens is 2. The Hall–Kier alpha value is -2.21. The molecular weight excluding hydrogens is 285 g/mol. The van der Waals surface area contributed by atoms with Crippen LogP contribution in [0.4, 0.5) is 4.39 Å². The van der Waals surface area contributed by atoms with Crippen LogP contribution in [0.5, 0.6) is 0 Å². The Bertz CT molecular complexity index is 671. The van der Waals surface area contributed by atoms with E-state index in [1.54, 1.807) is 24.4 Å². The molecule has 0 spiro atoms. The van der Waals surface area contributed by atoms with Gasteiger partial charge in [-0.1, -0.05) is 12.5 Å². The lowest BCUT2D eigenvalue weighted by Gasteiger charge is -2.14. The maximum absolute atomic E-state index is 13.2. The molecule has 2 aromatic rings. The summed E-state index contributed by atoms with van der Waals surface area (Å²) in [6.45, 7) is 0.451. The summed E-state index contributed by atoms with van der Waals surface area (Å²) in [7, 11) is 0. The summed E-state index contributed by atoms with van der Waals surface area (Å²) < 4.78 is 14.7. The second kappa shape index (κ2) is 6.27. The Morgan fingerprint density at radius 2 is 2.27 bits per heavy atom. The molecular formula is C16H18FN3O2. The Kier molecular flexibility index (Phi) is 4.20. The molecule has 0 radical (unpaired) electrons. The van der Waals surface area contributed by atoms with Crippen LogP contribution >= 0.6 is 0 Å². The minimum absolute atomic E-state index is 0.120. The predicted octanol–water partition coefficient (Wildman–Crippen LogP) is 1.90. The highest BCUT2D eigenvalue weighted by Crippen LogP contribution is 2.24. The number of hydrogen-bond acceptors (Lipinski definition) is 3. The van der Waals surface area contributed by atoms with E-state index in [9.17, 15) is 14.3 Å². The fraction of sp³-hybridized carbons (Fsp3) is 0.375. The van der Waals surface area contributed by atoms with Crippen molar-refractivity contribution >= 4 is 5.91 Å². The van der Waals surface area contributed by atoms with E-state index >= 15 is 0 Å². The van der Waals surface area contributed by atoms with E-state index in [1.807, 2.05) is 0 Å². The molecule has 2 atom stereocenters. The Morgan fingerprint density at radius 1 is 1.41 bits per heavy atom. The molecule has 0 saturated heterocycles. The van der Waals surface area contributed by atoms with Crippen LogP contribution in [0.3, 0.4) is 0 Å². The number of hydrogen-bond donors (Lipinski definition) is 2. The summed E-state index contributed by atoms with van der Waals surface area (Å²) in [5.41, 5.74) is 0.835. The van der Waals surface area contributed by atoms with Crippen molar-refractivity contribution in [1.82, 2.24) is 15.1 Å². The molecule has 0 aliphatic heterocycles. The van der Waals surface area contributed by atoms with Gasteiger partial charge < -0.3 is 10.4 Å². The zero-order valence-corrected chi connectivity index (χ0v) is 12.1. The predicted molar refractivity (Wildman–Crippen MR) is 79.2 cm³/mol. The molecule has 1 saturated carbocycles. The van der Waals surface area contributed by atoms with Crippen molar-refractivity contribution in [3.05, 3.63) is 48.0 Å². The van der Waals surface area contributed by atoms with Crippen LogP contribution in [-0.2, 0) is 0 Å². The van der Waals surface area contributed by atoms with E-state index in [4.69, 9.17) is 0 Å². The molecule has 1 aliphatic rings. The molecule has 1 aromatic heterocycles. The third-order valence-corrected chi connectivity index (χ3v) is 4.04. The quantitative estimate of drug-likeness (QED) is 0.906. The fourth-order valence-electron chi connectivity index (χ4n) is 2.78. The van der Waals surface area contributed by atoms with Crippen molar-refractivity contribution in [2.45, 2.75) is 25.4 Å². The highest BCUT2D eigenvalue weighted by Gasteiger charge is 2.25. The standard InChI is InChI=1S/C16H18FN3O2/c17-12-4-2-5-13(9-12)20-8-7-14(19-20)16(22)18-10-11-3-1-6-15(11)21/h2,4-5,7-9,11,15,21H,1,3,6,10H2,(H,18,22). The van der Waals surface area contributed by atoms with Gasteiger partial charge in [-0.05, 0) is 37.1 Å². The van der Waals surface area contributed by atoms with Crippen LogP contribution in [0.2, 0.25) is 0 Å². The molecule has 1 amide bonds. The number of nitrogens with one attached hydrogen (secondary N) is 1. The molecule has 22 heavy (non-hydrogen) atoms. The minimum Gasteiger partial charge on any atom is -0.393 e. The number of halogens is 1. The van der Waals surface area contributed by atoms with Gasteiger partial charge in [0.25, 0.3) is 5.91 Å². The largest absolute Gasteiger partial charge is 0.393 e. The van der Waals surface area contributed by atoms with Crippen LogP contribution in [0.25, 0.3) is 5.69 Å². The van der Waals surface area contributed by atoms with E-state index < -0.39 is 0 Å². The summed E-state index contributed by atoms with van der Waals surface area (Å²) >= 11 is 0. The normalized spacial score (nSPS) is 21.0. The summed E-state index contributed by atoms with van der Waals surface area (Å²) in [4.78, 5) is 12.1. The lowest BCUT2D eigenvalue weighted by molar-refractivity contribution is 0.0911. The van der Waals surface area contributed by atoms with Gasteiger partial charge in [-0.2, -0.15) is 5.10 Å². The van der Waals surface area contributed by atoms with Crippen molar-refractivity contribution in [1.29, 1.82) is 0 Å². The molecule has 3 rings (SSSR count). The first-order valence-electron chi connectivity index (χ1n) is 7.41. The van der Waals surface area contributed by atoms with Crippen LogP contribution in [0, 0.1) is 11.7 Å². The molecule has 116 valence electrons. The van der Waals surface area contributed by atoms with Gasteiger partial charge in [-0.25, -0.2) is 9.07 Å². The first-order valence-corrected chi connectivity index (χ1v) is 7.41. The maximum atomic E-state index is 13.2. The van der Waals surface area contributed by atoms with Gasteiger partial charge in [-0.3, -0.25) is 4.79 Å². The van der Waals surface area contributed by atoms with E-state index in [-0.39, 0.29) is 29.4 Å². The first-order chi connectivity index (χ1) is 10.6. The number of aliphatic hydroxyl groups excluding tert-OH is 1. The molecule has 1 heterocycles. The Labute approximate surface area is 127 Å². The van der Waals surface area contributed by atoms with Crippen molar-refractivity contribution in [2.75, 3.05) is 6.54 Å². The molecule has 5 nitrogen and oxygen atoms in total. The van der Waals surface area contributed by atoms with Gasteiger partial charge in [0.15, 0.2) is 5.69 Å². The van der Waals surface area contributed by atoms with Gasteiger partial charge in [0.05, 0.1) is 11.8 Å². The second-order valence-corrected chi connectivity index (χ2v) is 5.59. The maximum Gasteiger partial charge on any atom is 0.271 e. The zero-order chi connectivity index (χ0) is 15.5. The average Bonchev–Trinajstić information content (AvgIpc) is 3.14. The van der Waals surface area contributed by atoms with Crippen molar-refractivity contribution in [3.8, 4) is 5.69 Å². The SMILES string of the molecule is O=C(NCC1CCCC1O)c1ccn(-c2cccc(F)c2)n1. The summed E-state index contributed by atoms with van der Waals surface area (Å²) in [6.07, 6.45) is 4.02. The van der Waals surface area contributed by atoms with Crippen molar-refractivity contribution in [3.63, 3.8) is 0 Å². The lowest BCUT2D eigenvalue weighted by atomic mass is 10.1. The number of amides is 1. The second-order valence-electron chi connectivity index (χ2n) is 5.59. The van der Waals surface area contributed by atoms with Gasteiger partial charge in [0, 0.05) is 18.7 Å². The number of aliphatic hydroxyl groups is 1. The number of carbonyl (C=O) groups is 1. The summed E-state index contributed by atoms with van der Waals surface area (Å²) in [5.74, 6) is -0.516. The first kappa shape index (κ1) is 14.7. The highest BCUT2D eigenvalue weighted by molar-refractivity contribution is 5.92. The van der Waals surface area contributed by atoms with Gasteiger partial charge in [-0.15, -0.1) is 0 Å². The Balaban J connectivity index is 1.64. The number of nitrogens with zero attached hydrogens (tertiary/aromatic N) is 2. The molecule has 6 heteroatoms. The van der Waals surface area contributed by atoms with Crippen LogP contribution in [-0.4, -0.2) is 33.4 Å². The summed E-state index contributed by atoms with van der Waals surface area (Å²) in [6, 6.07) is 7.60. The molecule has 2 N–H and O–H groups in total. The third-order valence-electron chi connectivity index (χ3n) is 4.04. The molecule has 1 aliphatic carbocycles. The van der Waals surface area contributed by atoms with Crippen molar-refractivity contribution in [2.24, 2.45) is 5.92 Å². The topological polar surface area (TPSA) is 67.2 Å². The Morgan fingerprint density at radius 3 is 3.00 bits per heavy atom. The smallest absolute Gasteiger partial charge is 0.271 e. The van der Waals surface area contributed by atoms with Gasteiger partial charge >= 0.3 is 0 Å². The van der Waals surface area contributed by atoms with Crippen LogP contribution in [0.1, 0.15) is 29.8 Å². The van der Waals surface area contributed by atoms with E-state index in [1.165, 1.54) is 16.8 Å². The zero-order valence-electron chi connectivity index (χ0n) is 12.1. The van der Waals surface area contributed by atoms with Crippen molar-refractivity contribution < 1.29 is 14.3 Å². The number of rotatable bonds is 4.